The van der Waals surface area contributed by atoms with Crippen molar-refractivity contribution in [3.63, 3.8) is 0 Å². The van der Waals surface area contributed by atoms with Crippen LogP contribution in [0.25, 0.3) is 32.8 Å². The zero-order chi connectivity index (χ0) is 19.3. The summed E-state index contributed by atoms with van der Waals surface area (Å²) in [5, 5.41) is 13.4. The smallest absolute Gasteiger partial charge is 0.246 e. The number of aromatic nitrogens is 1. The number of likely N-dealkylation sites (tertiary alicyclic amines) is 1. The van der Waals surface area contributed by atoms with E-state index in [0.29, 0.717) is 19.1 Å². The molecule has 4 heteroatoms. The van der Waals surface area contributed by atoms with Gasteiger partial charge in [-0.3, -0.25) is 4.79 Å². The molecule has 3 aromatic carbocycles. The Morgan fingerprint density at radius 1 is 1.04 bits per heavy atom. The molecule has 0 unspecified atom stereocenters. The van der Waals surface area contributed by atoms with E-state index in [1.807, 2.05) is 24.3 Å². The van der Waals surface area contributed by atoms with E-state index in [-0.39, 0.29) is 11.7 Å². The molecule has 0 spiro atoms. The highest BCUT2D eigenvalue weighted by Crippen LogP contribution is 2.35. The third-order valence-corrected chi connectivity index (χ3v) is 5.62. The standard InChI is InChI=1S/C24H20N2O2/c1-2-24(28)25-14-19(15-25)26-10-9-18-11-17(7-8-23(18)26)22-13-20(27)12-16-5-3-4-6-21(16)22/h2-13,19,27H,1,14-15H2. The molecule has 4 nitrogen and oxygen atoms in total. The van der Waals surface area contributed by atoms with E-state index in [1.165, 1.54) is 6.08 Å². The summed E-state index contributed by atoms with van der Waals surface area (Å²) in [6, 6.07) is 20.5. The van der Waals surface area contributed by atoms with Crippen LogP contribution in [-0.4, -0.2) is 33.6 Å². The summed E-state index contributed by atoms with van der Waals surface area (Å²) in [6.45, 7) is 4.98. The normalized spacial score (nSPS) is 14.4. The highest BCUT2D eigenvalue weighted by Gasteiger charge is 2.30. The Bertz CT molecular complexity index is 1230. The Labute approximate surface area is 162 Å². The lowest BCUT2D eigenvalue weighted by molar-refractivity contribution is -0.131. The van der Waals surface area contributed by atoms with Gasteiger partial charge < -0.3 is 14.6 Å². The van der Waals surface area contributed by atoms with Crippen LogP contribution in [0.5, 0.6) is 5.75 Å². The second-order valence-corrected chi connectivity index (χ2v) is 7.31. The minimum absolute atomic E-state index is 0.00855. The minimum atomic E-state index is -0.00855. The maximum atomic E-state index is 11.7. The fraction of sp³-hybridized carbons (Fsp3) is 0.125. The molecule has 138 valence electrons. The van der Waals surface area contributed by atoms with Crippen LogP contribution in [0.3, 0.4) is 0 Å². The van der Waals surface area contributed by atoms with E-state index in [2.05, 4.69) is 47.7 Å². The van der Waals surface area contributed by atoms with Crippen molar-refractivity contribution in [2.75, 3.05) is 13.1 Å². The Balaban J connectivity index is 1.53. The highest BCUT2D eigenvalue weighted by atomic mass is 16.3. The topological polar surface area (TPSA) is 45.5 Å². The molecule has 5 rings (SSSR count). The second kappa shape index (κ2) is 6.27. The number of fused-ring (bicyclic) bond motifs is 2. The molecule has 0 aliphatic carbocycles. The molecule has 4 aromatic rings. The van der Waals surface area contributed by atoms with Gasteiger partial charge in [-0.05, 0) is 58.3 Å². The third kappa shape index (κ3) is 2.57. The first-order valence-electron chi connectivity index (χ1n) is 9.38. The van der Waals surface area contributed by atoms with Crippen molar-refractivity contribution in [3.8, 4) is 16.9 Å². The van der Waals surface area contributed by atoms with Crippen LogP contribution in [0, 0.1) is 0 Å². The van der Waals surface area contributed by atoms with Crippen molar-refractivity contribution >= 4 is 27.6 Å². The SMILES string of the molecule is C=CC(=O)N1CC(n2ccc3cc(-c4cc(O)cc5ccccc45)ccc32)C1. The molecule has 1 aromatic heterocycles. The van der Waals surface area contributed by atoms with Crippen LogP contribution in [0.1, 0.15) is 6.04 Å². The van der Waals surface area contributed by atoms with E-state index in [1.54, 1.807) is 11.0 Å². The number of carbonyl (C=O) groups is 1. The van der Waals surface area contributed by atoms with Gasteiger partial charge in [-0.2, -0.15) is 0 Å². The molecule has 1 fully saturated rings. The molecule has 0 saturated carbocycles. The maximum absolute atomic E-state index is 11.7. The van der Waals surface area contributed by atoms with Crippen LogP contribution in [0.15, 0.2) is 79.5 Å². The van der Waals surface area contributed by atoms with Crippen molar-refractivity contribution in [3.05, 3.63) is 79.5 Å². The van der Waals surface area contributed by atoms with E-state index in [9.17, 15) is 9.90 Å². The summed E-state index contributed by atoms with van der Waals surface area (Å²) in [7, 11) is 0. The van der Waals surface area contributed by atoms with Crippen molar-refractivity contribution in [2.24, 2.45) is 0 Å². The molecule has 0 radical (unpaired) electrons. The van der Waals surface area contributed by atoms with E-state index >= 15 is 0 Å². The summed E-state index contributed by atoms with van der Waals surface area (Å²) in [4.78, 5) is 13.5. The molecular weight excluding hydrogens is 348 g/mol. The average molecular weight is 368 g/mol. The third-order valence-electron chi connectivity index (χ3n) is 5.62. The number of rotatable bonds is 3. The lowest BCUT2D eigenvalue weighted by Crippen LogP contribution is -2.49. The van der Waals surface area contributed by atoms with Gasteiger partial charge in [0.25, 0.3) is 0 Å². The van der Waals surface area contributed by atoms with Gasteiger partial charge in [0.15, 0.2) is 0 Å². The van der Waals surface area contributed by atoms with Gasteiger partial charge in [-0.25, -0.2) is 0 Å². The lowest BCUT2D eigenvalue weighted by atomic mass is 9.97. The zero-order valence-electron chi connectivity index (χ0n) is 15.4. The fourth-order valence-electron chi connectivity index (χ4n) is 4.12. The summed E-state index contributed by atoms with van der Waals surface area (Å²) >= 11 is 0. The number of amides is 1. The van der Waals surface area contributed by atoms with Gasteiger partial charge in [0.05, 0.1) is 6.04 Å². The molecule has 0 atom stereocenters. The molecule has 1 amide bonds. The maximum Gasteiger partial charge on any atom is 0.246 e. The Kier molecular flexibility index (Phi) is 3.72. The van der Waals surface area contributed by atoms with Crippen LogP contribution in [-0.2, 0) is 4.79 Å². The monoisotopic (exact) mass is 368 g/mol. The quantitative estimate of drug-likeness (QED) is 0.531. The van der Waals surface area contributed by atoms with Crippen molar-refractivity contribution in [1.29, 1.82) is 0 Å². The van der Waals surface area contributed by atoms with Gasteiger partial charge in [0.2, 0.25) is 5.91 Å². The Hall–Kier alpha value is -3.53. The van der Waals surface area contributed by atoms with Gasteiger partial charge in [0.1, 0.15) is 5.75 Å². The molecular formula is C24H20N2O2. The van der Waals surface area contributed by atoms with Gasteiger partial charge in [-0.1, -0.05) is 36.9 Å². The first-order valence-corrected chi connectivity index (χ1v) is 9.38. The van der Waals surface area contributed by atoms with E-state index < -0.39 is 0 Å². The summed E-state index contributed by atoms with van der Waals surface area (Å²) < 4.78 is 2.24. The predicted octanol–water partition coefficient (Wildman–Crippen LogP) is 4.74. The number of nitrogens with zero attached hydrogens (tertiary/aromatic N) is 2. The van der Waals surface area contributed by atoms with Crippen molar-refractivity contribution in [2.45, 2.75) is 6.04 Å². The first kappa shape index (κ1) is 16.6. The van der Waals surface area contributed by atoms with Gasteiger partial charge >= 0.3 is 0 Å². The Morgan fingerprint density at radius 2 is 1.86 bits per heavy atom. The van der Waals surface area contributed by atoms with Crippen molar-refractivity contribution < 1.29 is 9.90 Å². The van der Waals surface area contributed by atoms with Gasteiger partial charge in [-0.15, -0.1) is 0 Å². The van der Waals surface area contributed by atoms with E-state index in [0.717, 1.165) is 32.8 Å². The molecule has 2 heterocycles. The number of benzene rings is 3. The average Bonchev–Trinajstić information content (AvgIpc) is 3.09. The molecule has 1 aliphatic heterocycles. The summed E-state index contributed by atoms with van der Waals surface area (Å²) in [6.07, 6.45) is 3.46. The number of hydrogen-bond donors (Lipinski definition) is 1. The first-order chi connectivity index (χ1) is 13.6. The Morgan fingerprint density at radius 3 is 2.68 bits per heavy atom. The molecule has 1 N–H and O–H groups in total. The number of hydrogen-bond acceptors (Lipinski definition) is 2. The number of phenolic OH excluding ortho intramolecular Hbond substituents is 1. The minimum Gasteiger partial charge on any atom is -0.508 e. The van der Waals surface area contributed by atoms with E-state index in [4.69, 9.17) is 0 Å². The van der Waals surface area contributed by atoms with Gasteiger partial charge in [0, 0.05) is 30.2 Å². The molecule has 1 saturated heterocycles. The van der Waals surface area contributed by atoms with Crippen molar-refractivity contribution in [1.82, 2.24) is 9.47 Å². The number of phenols is 1. The molecule has 0 bridgehead atoms. The molecule has 28 heavy (non-hydrogen) atoms. The largest absolute Gasteiger partial charge is 0.508 e. The highest BCUT2D eigenvalue weighted by molar-refractivity contribution is 5.99. The molecule has 1 aliphatic rings. The summed E-state index contributed by atoms with van der Waals surface area (Å²) in [5.41, 5.74) is 3.26. The lowest BCUT2D eigenvalue weighted by Gasteiger charge is -2.39. The summed E-state index contributed by atoms with van der Waals surface area (Å²) in [5.74, 6) is 0.263. The number of aromatic hydroxyl groups is 1. The van der Waals surface area contributed by atoms with Crippen LogP contribution in [0.4, 0.5) is 0 Å². The second-order valence-electron chi connectivity index (χ2n) is 7.31. The van der Waals surface area contributed by atoms with Crippen LogP contribution >= 0.6 is 0 Å². The van der Waals surface area contributed by atoms with Crippen LogP contribution in [0.2, 0.25) is 0 Å². The predicted molar refractivity (Wildman–Crippen MR) is 112 cm³/mol. The number of carbonyl (C=O) groups excluding carboxylic acids is 1. The zero-order valence-corrected chi connectivity index (χ0v) is 15.4. The van der Waals surface area contributed by atoms with Crippen LogP contribution < -0.4 is 0 Å². The fourth-order valence-corrected chi connectivity index (χ4v) is 4.12.